The monoisotopic (exact) mass is 605 g/mol. The number of phenolic OH excluding ortho intramolecular Hbond substituents is 1. The number of pyridine rings is 2. The Morgan fingerprint density at radius 2 is 2.00 bits per heavy atom. The van der Waals surface area contributed by atoms with Gasteiger partial charge in [-0.05, 0) is 42.7 Å². The number of anilines is 2. The van der Waals surface area contributed by atoms with Crippen LogP contribution in [0.2, 0.25) is 10.0 Å². The Hall–Kier alpha value is -4.15. The largest absolute Gasteiger partial charge is 0.507 e. The number of halogens is 2. The molecule has 1 amide bonds. The molecule has 1 atom stereocenters. The number of nitrogens with zero attached hydrogens (tertiary/aromatic N) is 6. The summed E-state index contributed by atoms with van der Waals surface area (Å²) in [4.78, 5) is 44.5. The summed E-state index contributed by atoms with van der Waals surface area (Å²) >= 11 is 13.7. The van der Waals surface area contributed by atoms with Gasteiger partial charge in [-0.25, -0.2) is 14.3 Å². The summed E-state index contributed by atoms with van der Waals surface area (Å²) in [6, 6.07) is 6.41. The van der Waals surface area contributed by atoms with Crippen LogP contribution in [0.3, 0.4) is 0 Å². The lowest BCUT2D eigenvalue weighted by Crippen LogP contribution is -2.57. The lowest BCUT2D eigenvalue weighted by atomic mass is 10.0. The van der Waals surface area contributed by atoms with Gasteiger partial charge in [0.1, 0.15) is 11.6 Å². The molecule has 12 heteroatoms. The van der Waals surface area contributed by atoms with Gasteiger partial charge >= 0.3 is 5.69 Å². The molecule has 2 N–H and O–H groups in total. The highest BCUT2D eigenvalue weighted by Crippen LogP contribution is 2.46. The highest BCUT2D eigenvalue weighted by atomic mass is 35.5. The number of piperazine rings is 1. The summed E-state index contributed by atoms with van der Waals surface area (Å²) in [5.74, 6) is 0.166. The molecule has 1 fully saturated rings. The maximum Gasteiger partial charge on any atom is 0.355 e. The van der Waals surface area contributed by atoms with Gasteiger partial charge in [-0.3, -0.25) is 9.78 Å². The van der Waals surface area contributed by atoms with Crippen molar-refractivity contribution >= 4 is 51.6 Å². The predicted molar refractivity (Wildman–Crippen MR) is 165 cm³/mol. The van der Waals surface area contributed by atoms with Gasteiger partial charge in [-0.15, -0.1) is 0 Å². The van der Waals surface area contributed by atoms with Gasteiger partial charge < -0.3 is 20.2 Å². The van der Waals surface area contributed by atoms with Crippen LogP contribution in [0.1, 0.15) is 31.0 Å². The molecular weight excluding hydrogens is 577 g/mol. The fourth-order valence-electron chi connectivity index (χ4n) is 5.84. The van der Waals surface area contributed by atoms with Crippen LogP contribution in [-0.2, 0) is 4.79 Å². The average Bonchev–Trinajstić information content (AvgIpc) is 3.12. The molecule has 216 valence electrons. The van der Waals surface area contributed by atoms with E-state index in [1.165, 1.54) is 16.7 Å². The zero-order valence-corrected chi connectivity index (χ0v) is 24.9. The molecular formula is C30H29Cl2N7O3. The van der Waals surface area contributed by atoms with Crippen molar-refractivity contribution in [2.24, 2.45) is 0 Å². The number of benzene rings is 1. The Labute approximate surface area is 252 Å². The molecule has 2 aliphatic heterocycles. The first kappa shape index (κ1) is 28.0. The Morgan fingerprint density at radius 1 is 1.21 bits per heavy atom. The van der Waals surface area contributed by atoms with Crippen LogP contribution in [0.25, 0.3) is 28.0 Å². The number of hydrogen-bond acceptors (Lipinski definition) is 8. The normalized spacial score (nSPS) is 16.3. The smallest absolute Gasteiger partial charge is 0.355 e. The molecule has 4 aromatic rings. The summed E-state index contributed by atoms with van der Waals surface area (Å²) in [5.41, 5.74) is 2.87. The number of carbonyl (C=O) groups excluding carboxylic acids is 1. The number of amides is 1. The molecule has 0 spiro atoms. The lowest BCUT2D eigenvalue weighted by Gasteiger charge is -2.41. The minimum Gasteiger partial charge on any atom is -0.507 e. The Morgan fingerprint density at radius 3 is 2.71 bits per heavy atom. The van der Waals surface area contributed by atoms with E-state index in [4.69, 9.17) is 28.2 Å². The van der Waals surface area contributed by atoms with Crippen molar-refractivity contribution in [3.8, 4) is 22.7 Å². The van der Waals surface area contributed by atoms with E-state index >= 15 is 0 Å². The zero-order valence-electron chi connectivity index (χ0n) is 23.4. The molecule has 1 unspecified atom stereocenters. The third kappa shape index (κ3) is 4.37. The lowest BCUT2D eigenvalue weighted by molar-refractivity contribution is -0.126. The average molecular weight is 607 g/mol. The van der Waals surface area contributed by atoms with Crippen LogP contribution < -0.4 is 15.9 Å². The molecule has 10 nitrogen and oxygen atoms in total. The number of hydrogen-bond donors (Lipinski definition) is 2. The van der Waals surface area contributed by atoms with Crippen LogP contribution in [-0.4, -0.2) is 67.7 Å². The highest BCUT2D eigenvalue weighted by molar-refractivity contribution is 6.39. The fraction of sp³-hybridized carbons (Fsp3) is 0.300. The summed E-state index contributed by atoms with van der Waals surface area (Å²) in [6.45, 7) is 11.2. The summed E-state index contributed by atoms with van der Waals surface area (Å²) in [6.07, 6.45) is 3.02. The molecule has 2 aliphatic rings. The molecule has 0 radical (unpaired) electrons. The predicted octanol–water partition coefficient (Wildman–Crippen LogP) is 4.92. The van der Waals surface area contributed by atoms with E-state index < -0.39 is 5.69 Å². The first-order valence-corrected chi connectivity index (χ1v) is 14.4. The summed E-state index contributed by atoms with van der Waals surface area (Å²) in [7, 11) is 0. The Balaban J connectivity index is 1.71. The molecule has 1 aromatic carbocycles. The molecule has 0 bridgehead atoms. The van der Waals surface area contributed by atoms with Crippen LogP contribution in [0, 0.1) is 6.92 Å². The SMILES string of the molecule is C=CC(=O)N1CCN2c3nc(=O)n(-c4c(C)ccnc4C(C)C)c4nc(-c5c(O)cccc5Cl)c(Cl)c(c34)NCC2C1. The second-order valence-corrected chi connectivity index (χ2v) is 11.6. The number of phenols is 1. The zero-order chi connectivity index (χ0) is 29.9. The molecule has 3 aromatic heterocycles. The van der Waals surface area contributed by atoms with Gasteiger partial charge in [0.15, 0.2) is 5.65 Å². The van der Waals surface area contributed by atoms with Crippen molar-refractivity contribution in [2.75, 3.05) is 36.4 Å². The highest BCUT2D eigenvalue weighted by Gasteiger charge is 2.36. The van der Waals surface area contributed by atoms with E-state index in [9.17, 15) is 14.7 Å². The second kappa shape index (κ2) is 10.6. The number of fused-ring (bicyclic) bond motifs is 2. The first-order chi connectivity index (χ1) is 20.1. The van der Waals surface area contributed by atoms with Crippen LogP contribution in [0.5, 0.6) is 5.75 Å². The fourth-order valence-corrected chi connectivity index (χ4v) is 6.40. The van der Waals surface area contributed by atoms with Crippen molar-refractivity contribution in [3.05, 3.63) is 74.9 Å². The number of aromatic nitrogens is 4. The van der Waals surface area contributed by atoms with E-state index in [1.807, 2.05) is 31.7 Å². The number of carbonyl (C=O) groups is 1. The molecule has 42 heavy (non-hydrogen) atoms. The van der Waals surface area contributed by atoms with Gasteiger partial charge in [-0.1, -0.05) is 49.7 Å². The quantitative estimate of drug-likeness (QED) is 0.315. The number of aryl methyl sites for hydroxylation is 1. The number of nitrogens with one attached hydrogen (secondary N) is 1. The van der Waals surface area contributed by atoms with Gasteiger partial charge in [0.25, 0.3) is 0 Å². The van der Waals surface area contributed by atoms with Crippen LogP contribution in [0.15, 0.2) is 47.9 Å². The first-order valence-electron chi connectivity index (χ1n) is 13.6. The van der Waals surface area contributed by atoms with E-state index in [0.29, 0.717) is 60.1 Å². The minimum absolute atomic E-state index is 0.00552. The van der Waals surface area contributed by atoms with E-state index in [0.717, 1.165) is 5.56 Å². The number of aromatic hydroxyl groups is 1. The maximum atomic E-state index is 14.1. The minimum atomic E-state index is -0.532. The standard InChI is InChI=1S/C30H29Cl2N7O3/c1-5-20(41)37-11-12-38-17(14-37)13-34-25-22-28(38)36-30(42)39(27-16(4)9-10-33-24(27)15(2)3)29(22)35-26(23(25)32)21-18(31)7-6-8-19(21)40/h5-10,15,17,34,40H,1,11-14H2,2-4H3. The number of rotatable bonds is 4. The van der Waals surface area contributed by atoms with Crippen molar-refractivity contribution in [3.63, 3.8) is 0 Å². The summed E-state index contributed by atoms with van der Waals surface area (Å²) < 4.78 is 1.48. The Kier molecular flexibility index (Phi) is 7.06. The van der Waals surface area contributed by atoms with Gasteiger partial charge in [-0.2, -0.15) is 4.98 Å². The van der Waals surface area contributed by atoms with Crippen molar-refractivity contribution in [1.82, 2.24) is 24.4 Å². The third-order valence-electron chi connectivity index (χ3n) is 7.86. The maximum absolute atomic E-state index is 14.1. The van der Waals surface area contributed by atoms with Crippen LogP contribution in [0.4, 0.5) is 11.5 Å². The molecule has 0 saturated carbocycles. The Bertz CT molecular complexity index is 1820. The van der Waals surface area contributed by atoms with E-state index in [-0.39, 0.29) is 44.9 Å². The van der Waals surface area contributed by atoms with Crippen LogP contribution >= 0.6 is 23.2 Å². The molecule has 0 aliphatic carbocycles. The van der Waals surface area contributed by atoms with E-state index in [1.54, 1.807) is 23.2 Å². The van der Waals surface area contributed by atoms with Gasteiger partial charge in [0.05, 0.1) is 49.8 Å². The van der Waals surface area contributed by atoms with Crippen molar-refractivity contribution in [2.45, 2.75) is 32.7 Å². The topological polar surface area (TPSA) is 116 Å². The van der Waals surface area contributed by atoms with Crippen molar-refractivity contribution < 1.29 is 9.90 Å². The second-order valence-electron chi connectivity index (χ2n) is 10.8. The molecule has 1 saturated heterocycles. The van der Waals surface area contributed by atoms with Crippen molar-refractivity contribution in [1.29, 1.82) is 0 Å². The van der Waals surface area contributed by atoms with E-state index in [2.05, 4.69) is 21.9 Å². The third-order valence-corrected chi connectivity index (χ3v) is 8.54. The van der Waals surface area contributed by atoms with Gasteiger partial charge in [0.2, 0.25) is 5.91 Å². The van der Waals surface area contributed by atoms with Gasteiger partial charge in [0, 0.05) is 32.4 Å². The molecule has 5 heterocycles. The summed E-state index contributed by atoms with van der Waals surface area (Å²) in [5, 5.41) is 15.4. The molecule has 6 rings (SSSR count).